The topological polar surface area (TPSA) is 75.2 Å². The summed E-state index contributed by atoms with van der Waals surface area (Å²) in [5.41, 5.74) is 3.51. The average molecular weight is 338 g/mol. The molecule has 0 bridgehead atoms. The molecular formula is C19H22N4O2. The van der Waals surface area contributed by atoms with Crippen molar-refractivity contribution >= 4 is 11.8 Å². The van der Waals surface area contributed by atoms with Crippen LogP contribution < -0.4 is 5.32 Å². The Balaban J connectivity index is 1.61. The number of fused-ring (bicyclic) bond motifs is 1. The first kappa shape index (κ1) is 17.1. The predicted molar refractivity (Wildman–Crippen MR) is 94.0 cm³/mol. The number of aryl methyl sites for hydroxylation is 3. The molecule has 2 amide bonds. The van der Waals surface area contributed by atoms with Crippen molar-refractivity contribution in [3.8, 4) is 0 Å². The van der Waals surface area contributed by atoms with Crippen LogP contribution in [0.4, 0.5) is 0 Å². The van der Waals surface area contributed by atoms with E-state index in [1.54, 1.807) is 11.1 Å². The number of hydrogen-bond acceptors (Lipinski definition) is 4. The molecule has 0 spiro atoms. The number of nitrogens with zero attached hydrogens (tertiary/aromatic N) is 3. The van der Waals surface area contributed by atoms with Gasteiger partial charge in [0.2, 0.25) is 5.91 Å². The minimum Gasteiger partial charge on any atom is -0.350 e. The van der Waals surface area contributed by atoms with E-state index >= 15 is 0 Å². The second kappa shape index (κ2) is 7.42. The molecule has 0 unspecified atom stereocenters. The summed E-state index contributed by atoms with van der Waals surface area (Å²) in [6.45, 7) is 4.90. The Morgan fingerprint density at radius 3 is 2.76 bits per heavy atom. The molecule has 25 heavy (non-hydrogen) atoms. The standard InChI is InChI=1S/C19H22N4O2/c1-13-5-7-15(8-6-13)10-21-18(24)12-23-9-3-4-17-16(19(23)25)11-20-14(2)22-17/h5-8,11H,3-4,9-10,12H2,1-2H3,(H,21,24). The van der Waals surface area contributed by atoms with E-state index in [0.29, 0.717) is 24.5 Å². The Bertz CT molecular complexity index is 787. The van der Waals surface area contributed by atoms with Gasteiger partial charge in [0.1, 0.15) is 5.82 Å². The predicted octanol–water partition coefficient (Wildman–Crippen LogP) is 1.80. The van der Waals surface area contributed by atoms with Crippen molar-refractivity contribution in [3.63, 3.8) is 0 Å². The fourth-order valence-electron chi connectivity index (χ4n) is 2.88. The van der Waals surface area contributed by atoms with Gasteiger partial charge in [0.05, 0.1) is 17.8 Å². The van der Waals surface area contributed by atoms with Crippen LogP contribution in [-0.2, 0) is 17.8 Å². The number of aromatic nitrogens is 2. The van der Waals surface area contributed by atoms with Gasteiger partial charge in [-0.15, -0.1) is 0 Å². The minimum atomic E-state index is -0.169. The summed E-state index contributed by atoms with van der Waals surface area (Å²) < 4.78 is 0. The van der Waals surface area contributed by atoms with Gasteiger partial charge in [0.15, 0.2) is 0 Å². The highest BCUT2D eigenvalue weighted by Gasteiger charge is 2.25. The molecule has 0 saturated carbocycles. The lowest BCUT2D eigenvalue weighted by molar-refractivity contribution is -0.122. The van der Waals surface area contributed by atoms with E-state index in [1.807, 2.05) is 38.1 Å². The monoisotopic (exact) mass is 338 g/mol. The number of benzene rings is 1. The van der Waals surface area contributed by atoms with E-state index in [1.165, 1.54) is 5.56 Å². The summed E-state index contributed by atoms with van der Waals surface area (Å²) in [6, 6.07) is 8.00. The van der Waals surface area contributed by atoms with Crippen LogP contribution in [0.5, 0.6) is 0 Å². The van der Waals surface area contributed by atoms with Crippen molar-refractivity contribution in [1.82, 2.24) is 20.2 Å². The van der Waals surface area contributed by atoms with Crippen LogP contribution in [-0.4, -0.2) is 39.8 Å². The molecular weight excluding hydrogens is 316 g/mol. The lowest BCUT2D eigenvalue weighted by Gasteiger charge is -2.20. The molecule has 130 valence electrons. The Labute approximate surface area is 147 Å². The smallest absolute Gasteiger partial charge is 0.257 e. The maximum atomic E-state index is 12.7. The van der Waals surface area contributed by atoms with Gasteiger partial charge >= 0.3 is 0 Å². The third-order valence-electron chi connectivity index (χ3n) is 4.29. The second-order valence-corrected chi connectivity index (χ2v) is 6.37. The number of carbonyl (C=O) groups excluding carboxylic acids is 2. The maximum Gasteiger partial charge on any atom is 0.257 e. The molecule has 6 heteroatoms. The zero-order valence-corrected chi connectivity index (χ0v) is 14.6. The van der Waals surface area contributed by atoms with Gasteiger partial charge in [-0.25, -0.2) is 9.97 Å². The van der Waals surface area contributed by atoms with Gasteiger partial charge in [-0.1, -0.05) is 29.8 Å². The highest BCUT2D eigenvalue weighted by molar-refractivity contribution is 5.97. The van der Waals surface area contributed by atoms with E-state index in [4.69, 9.17) is 0 Å². The second-order valence-electron chi connectivity index (χ2n) is 6.37. The molecule has 0 fully saturated rings. The molecule has 1 aromatic carbocycles. The van der Waals surface area contributed by atoms with Crippen molar-refractivity contribution < 1.29 is 9.59 Å². The molecule has 1 aliphatic rings. The third-order valence-corrected chi connectivity index (χ3v) is 4.29. The van der Waals surface area contributed by atoms with Gasteiger partial charge in [-0.3, -0.25) is 9.59 Å². The number of amides is 2. The van der Waals surface area contributed by atoms with Gasteiger partial charge in [-0.05, 0) is 32.3 Å². The summed E-state index contributed by atoms with van der Waals surface area (Å²) in [5.74, 6) is 0.333. The first-order valence-corrected chi connectivity index (χ1v) is 8.47. The highest BCUT2D eigenvalue weighted by Crippen LogP contribution is 2.16. The Kier molecular flexibility index (Phi) is 5.07. The van der Waals surface area contributed by atoms with Crippen molar-refractivity contribution in [2.75, 3.05) is 13.1 Å². The van der Waals surface area contributed by atoms with Crippen molar-refractivity contribution in [3.05, 3.63) is 58.7 Å². The van der Waals surface area contributed by atoms with E-state index < -0.39 is 0 Å². The molecule has 6 nitrogen and oxygen atoms in total. The van der Waals surface area contributed by atoms with Crippen LogP contribution in [0, 0.1) is 13.8 Å². The van der Waals surface area contributed by atoms with E-state index in [9.17, 15) is 9.59 Å². The fourth-order valence-corrected chi connectivity index (χ4v) is 2.88. The first-order chi connectivity index (χ1) is 12.0. The summed E-state index contributed by atoms with van der Waals surface area (Å²) in [6.07, 6.45) is 3.09. The third kappa shape index (κ3) is 4.21. The Morgan fingerprint density at radius 1 is 1.24 bits per heavy atom. The van der Waals surface area contributed by atoms with Crippen LogP contribution in [0.25, 0.3) is 0 Å². The molecule has 0 radical (unpaired) electrons. The van der Waals surface area contributed by atoms with E-state index in [2.05, 4.69) is 15.3 Å². The molecule has 2 aromatic rings. The molecule has 1 aromatic heterocycles. The SMILES string of the molecule is Cc1ccc(CNC(=O)CN2CCCc3nc(C)ncc3C2=O)cc1. The maximum absolute atomic E-state index is 12.7. The lowest BCUT2D eigenvalue weighted by Crippen LogP contribution is -2.40. The highest BCUT2D eigenvalue weighted by atomic mass is 16.2. The minimum absolute atomic E-state index is 0.0536. The zero-order valence-electron chi connectivity index (χ0n) is 14.6. The van der Waals surface area contributed by atoms with Crippen LogP contribution in [0.1, 0.15) is 39.4 Å². The van der Waals surface area contributed by atoms with Gasteiger partial charge < -0.3 is 10.2 Å². The van der Waals surface area contributed by atoms with E-state index in [0.717, 1.165) is 24.1 Å². The van der Waals surface area contributed by atoms with Crippen molar-refractivity contribution in [2.24, 2.45) is 0 Å². The molecule has 0 aliphatic carbocycles. The van der Waals surface area contributed by atoms with Gasteiger partial charge in [0, 0.05) is 19.3 Å². The molecule has 1 N–H and O–H groups in total. The average Bonchev–Trinajstić information content (AvgIpc) is 2.74. The Hall–Kier alpha value is -2.76. The van der Waals surface area contributed by atoms with Crippen molar-refractivity contribution in [1.29, 1.82) is 0 Å². The number of rotatable bonds is 4. The largest absolute Gasteiger partial charge is 0.350 e. The number of hydrogen-bond donors (Lipinski definition) is 1. The normalized spacial score (nSPS) is 14.0. The van der Waals surface area contributed by atoms with Crippen molar-refractivity contribution in [2.45, 2.75) is 33.2 Å². The summed E-state index contributed by atoms with van der Waals surface area (Å²) in [5, 5.41) is 2.88. The van der Waals surface area contributed by atoms with Crippen LogP contribution in [0.15, 0.2) is 30.5 Å². The zero-order chi connectivity index (χ0) is 17.8. The van der Waals surface area contributed by atoms with Crippen LogP contribution in [0.3, 0.4) is 0 Å². The summed E-state index contributed by atoms with van der Waals surface area (Å²) in [7, 11) is 0. The molecule has 2 heterocycles. The first-order valence-electron chi connectivity index (χ1n) is 8.47. The van der Waals surface area contributed by atoms with Gasteiger partial charge in [-0.2, -0.15) is 0 Å². The summed E-state index contributed by atoms with van der Waals surface area (Å²) in [4.78, 5) is 35.0. The van der Waals surface area contributed by atoms with E-state index in [-0.39, 0.29) is 18.4 Å². The van der Waals surface area contributed by atoms with Crippen LogP contribution >= 0.6 is 0 Å². The summed E-state index contributed by atoms with van der Waals surface area (Å²) >= 11 is 0. The number of carbonyl (C=O) groups is 2. The van der Waals surface area contributed by atoms with Gasteiger partial charge in [0.25, 0.3) is 5.91 Å². The Morgan fingerprint density at radius 2 is 2.00 bits per heavy atom. The lowest BCUT2D eigenvalue weighted by atomic mass is 10.1. The molecule has 0 saturated heterocycles. The fraction of sp³-hybridized carbons (Fsp3) is 0.368. The quantitative estimate of drug-likeness (QED) is 0.922. The molecule has 1 aliphatic heterocycles. The number of nitrogens with one attached hydrogen (secondary N) is 1. The van der Waals surface area contributed by atoms with Crippen LogP contribution in [0.2, 0.25) is 0 Å². The molecule has 0 atom stereocenters. The molecule has 3 rings (SSSR count).